The van der Waals surface area contributed by atoms with E-state index in [9.17, 15) is 9.59 Å². The predicted molar refractivity (Wildman–Crippen MR) is 111 cm³/mol. The van der Waals surface area contributed by atoms with Crippen LogP contribution < -0.4 is 16.2 Å². The molecule has 31 heavy (non-hydrogen) atoms. The van der Waals surface area contributed by atoms with Crippen molar-refractivity contribution < 1.29 is 28.9 Å². The molecule has 0 radical (unpaired) electrons. The fraction of sp³-hybridized carbons (Fsp3) is 0.350. The summed E-state index contributed by atoms with van der Waals surface area (Å²) in [6.45, 7) is -1.29. The molecule has 0 saturated carbocycles. The Morgan fingerprint density at radius 2 is 2.06 bits per heavy atom. The van der Waals surface area contributed by atoms with E-state index in [-0.39, 0.29) is 36.8 Å². The number of pyridine rings is 1. The molecule has 0 fully saturated rings. The lowest BCUT2D eigenvalue weighted by atomic mass is 10.1. The molecule has 0 unspecified atom stereocenters. The largest absolute Gasteiger partial charge is 0.486 e. The molecule has 0 aliphatic heterocycles. The van der Waals surface area contributed by atoms with E-state index in [2.05, 4.69) is 4.98 Å². The topological polar surface area (TPSA) is 150 Å². The Kier molecular flexibility index (Phi) is 7.29. The first kappa shape index (κ1) is 22.8. The van der Waals surface area contributed by atoms with E-state index in [0.29, 0.717) is 17.0 Å². The van der Waals surface area contributed by atoms with Gasteiger partial charge in [0.05, 0.1) is 41.4 Å². The predicted octanol–water partition coefficient (Wildman–Crippen LogP) is 0.837. The molecule has 0 amide bonds. The van der Waals surface area contributed by atoms with Crippen molar-refractivity contribution in [3.63, 3.8) is 0 Å². The molecule has 11 heteroatoms. The number of hydrogen-bond acceptors (Lipinski definition) is 9. The summed E-state index contributed by atoms with van der Waals surface area (Å²) in [7, 11) is 0. The summed E-state index contributed by atoms with van der Waals surface area (Å²) >= 11 is 6.29. The second-order valence-electron chi connectivity index (χ2n) is 6.97. The van der Waals surface area contributed by atoms with Crippen molar-refractivity contribution in [3.05, 3.63) is 57.8 Å². The number of oxazole rings is 1. The lowest BCUT2D eigenvalue weighted by Crippen LogP contribution is -2.51. The van der Waals surface area contributed by atoms with Gasteiger partial charge in [-0.05, 0) is 18.2 Å². The number of benzene rings is 1. The van der Waals surface area contributed by atoms with E-state index < -0.39 is 30.5 Å². The zero-order valence-electron chi connectivity index (χ0n) is 16.5. The van der Waals surface area contributed by atoms with Gasteiger partial charge in [-0.2, -0.15) is 0 Å². The Balaban J connectivity index is 1.68. The number of nitrogens with zero attached hydrogens (tertiary/aromatic N) is 2. The molecule has 10 nitrogen and oxygen atoms in total. The minimum Gasteiger partial charge on any atom is -0.486 e. The second-order valence-corrected chi connectivity index (χ2v) is 7.38. The number of fused-ring (bicyclic) bond motifs is 1. The second kappa shape index (κ2) is 9.92. The molecular weight excluding hydrogens is 430 g/mol. The van der Waals surface area contributed by atoms with Crippen LogP contribution in [0.25, 0.3) is 11.1 Å². The molecule has 4 N–H and O–H groups in total. The number of carbonyl (C=O) groups is 1. The Morgan fingerprint density at radius 1 is 1.29 bits per heavy atom. The van der Waals surface area contributed by atoms with Crippen LogP contribution in [0.1, 0.15) is 12.1 Å². The van der Waals surface area contributed by atoms with Gasteiger partial charge in [0.25, 0.3) is 0 Å². The Hall–Kier alpha value is -2.92. The Morgan fingerprint density at radius 3 is 2.74 bits per heavy atom. The van der Waals surface area contributed by atoms with Gasteiger partial charge in [-0.25, -0.2) is 4.79 Å². The molecule has 0 aliphatic rings. The van der Waals surface area contributed by atoms with Crippen LogP contribution in [0.5, 0.6) is 5.75 Å². The lowest BCUT2D eigenvalue weighted by Gasteiger charge is -2.23. The van der Waals surface area contributed by atoms with E-state index in [0.717, 1.165) is 0 Å². The molecule has 1 aromatic carbocycles. The standard InChI is InChI=1S/C20H22ClN3O7/c21-14-7-15-17(8-16(14)29-9-13-3-1-2-5-23-13)31-19(28)24(15)6-4-18(27)30-12-20(22,10-25)11-26/h1-3,5,7-8,25-26H,4,6,9-12,22H2. The van der Waals surface area contributed by atoms with Gasteiger partial charge in [0.1, 0.15) is 19.0 Å². The highest BCUT2D eigenvalue weighted by molar-refractivity contribution is 6.32. The van der Waals surface area contributed by atoms with E-state index in [1.54, 1.807) is 18.3 Å². The monoisotopic (exact) mass is 451 g/mol. The van der Waals surface area contributed by atoms with E-state index in [4.69, 9.17) is 41.4 Å². The van der Waals surface area contributed by atoms with Gasteiger partial charge in [0.15, 0.2) is 5.58 Å². The average molecular weight is 452 g/mol. The minimum atomic E-state index is -1.42. The maximum Gasteiger partial charge on any atom is 0.419 e. The molecule has 166 valence electrons. The van der Waals surface area contributed by atoms with Crippen molar-refractivity contribution in [2.45, 2.75) is 25.1 Å². The molecule has 0 atom stereocenters. The number of aryl methyl sites for hydroxylation is 1. The molecule has 0 saturated heterocycles. The summed E-state index contributed by atoms with van der Waals surface area (Å²) in [6.07, 6.45) is 1.49. The maximum atomic E-state index is 12.2. The fourth-order valence-corrected chi connectivity index (χ4v) is 2.88. The van der Waals surface area contributed by atoms with Crippen LogP contribution in [0, 0.1) is 0 Å². The number of aliphatic hydroxyl groups is 2. The average Bonchev–Trinajstić information content (AvgIpc) is 3.08. The van der Waals surface area contributed by atoms with Crippen LogP contribution in [0.15, 0.2) is 45.7 Å². The number of nitrogens with two attached hydrogens (primary N) is 1. The number of ether oxygens (including phenoxy) is 2. The van der Waals surface area contributed by atoms with Gasteiger partial charge in [-0.3, -0.25) is 14.3 Å². The Labute approximate surface area is 181 Å². The molecule has 0 spiro atoms. The van der Waals surface area contributed by atoms with Crippen molar-refractivity contribution in [1.82, 2.24) is 9.55 Å². The van der Waals surface area contributed by atoms with Crippen molar-refractivity contribution in [2.75, 3.05) is 19.8 Å². The summed E-state index contributed by atoms with van der Waals surface area (Å²) in [5.74, 6) is -0.994. The minimum absolute atomic E-state index is 0.0229. The third-order valence-corrected chi connectivity index (χ3v) is 4.81. The first-order valence-electron chi connectivity index (χ1n) is 9.37. The van der Waals surface area contributed by atoms with Gasteiger partial charge in [0, 0.05) is 18.8 Å². The summed E-state index contributed by atoms with van der Waals surface area (Å²) in [5, 5.41) is 18.5. The highest BCUT2D eigenvalue weighted by Crippen LogP contribution is 2.30. The first-order chi connectivity index (χ1) is 14.8. The molecule has 2 aromatic heterocycles. The van der Waals surface area contributed by atoms with Crippen LogP contribution in [0.3, 0.4) is 0 Å². The smallest absolute Gasteiger partial charge is 0.419 e. The van der Waals surface area contributed by atoms with E-state index in [1.807, 2.05) is 6.07 Å². The Bertz CT molecular complexity index is 1090. The molecule has 0 bridgehead atoms. The first-order valence-corrected chi connectivity index (χ1v) is 9.75. The summed E-state index contributed by atoms with van der Waals surface area (Å²) in [6, 6.07) is 8.45. The fourth-order valence-electron chi connectivity index (χ4n) is 2.66. The van der Waals surface area contributed by atoms with Crippen molar-refractivity contribution in [1.29, 1.82) is 0 Å². The van der Waals surface area contributed by atoms with Crippen molar-refractivity contribution in [3.8, 4) is 5.75 Å². The van der Waals surface area contributed by atoms with Gasteiger partial charge >= 0.3 is 11.7 Å². The van der Waals surface area contributed by atoms with Gasteiger partial charge in [-0.15, -0.1) is 0 Å². The SMILES string of the molecule is NC(CO)(CO)COC(=O)CCn1c(=O)oc2cc(OCc3ccccn3)c(Cl)cc21. The van der Waals surface area contributed by atoms with Crippen LogP contribution in [-0.2, 0) is 22.7 Å². The quantitative estimate of drug-likeness (QED) is 0.381. The number of aliphatic hydroxyl groups excluding tert-OH is 2. The lowest BCUT2D eigenvalue weighted by molar-refractivity contribution is -0.146. The van der Waals surface area contributed by atoms with Gasteiger partial charge < -0.3 is 29.8 Å². The molecule has 3 aromatic rings. The maximum absolute atomic E-state index is 12.2. The zero-order chi connectivity index (χ0) is 22.4. The molecular formula is C20H22ClN3O7. The molecule has 0 aliphatic carbocycles. The van der Waals surface area contributed by atoms with Crippen LogP contribution in [-0.4, -0.2) is 51.1 Å². The molecule has 3 rings (SSSR count). The van der Waals surface area contributed by atoms with Gasteiger partial charge in [0.2, 0.25) is 0 Å². The van der Waals surface area contributed by atoms with E-state index >= 15 is 0 Å². The zero-order valence-corrected chi connectivity index (χ0v) is 17.2. The number of esters is 1. The number of carbonyl (C=O) groups excluding carboxylic acids is 1. The van der Waals surface area contributed by atoms with Crippen LogP contribution in [0.4, 0.5) is 0 Å². The number of aromatic nitrogens is 2. The van der Waals surface area contributed by atoms with E-state index in [1.165, 1.54) is 16.7 Å². The number of halogens is 1. The third-order valence-electron chi connectivity index (χ3n) is 4.51. The summed E-state index contributed by atoms with van der Waals surface area (Å²) in [4.78, 5) is 28.4. The number of hydrogen-bond donors (Lipinski definition) is 3. The van der Waals surface area contributed by atoms with Crippen LogP contribution in [0.2, 0.25) is 5.02 Å². The highest BCUT2D eigenvalue weighted by atomic mass is 35.5. The normalized spacial score (nSPS) is 11.6. The van der Waals surface area contributed by atoms with Crippen molar-refractivity contribution >= 4 is 28.7 Å². The van der Waals surface area contributed by atoms with Gasteiger partial charge in [-0.1, -0.05) is 17.7 Å². The summed E-state index contributed by atoms with van der Waals surface area (Å²) in [5.41, 5.74) is 5.58. The summed E-state index contributed by atoms with van der Waals surface area (Å²) < 4.78 is 17.1. The third kappa shape index (κ3) is 5.61. The number of rotatable bonds is 10. The molecule has 2 heterocycles. The van der Waals surface area contributed by atoms with Crippen LogP contribution >= 0.6 is 11.6 Å². The highest BCUT2D eigenvalue weighted by Gasteiger charge is 2.25. The van der Waals surface area contributed by atoms with Crippen molar-refractivity contribution in [2.24, 2.45) is 5.73 Å².